The summed E-state index contributed by atoms with van der Waals surface area (Å²) in [5.74, 6) is -1.79. The van der Waals surface area contributed by atoms with Crippen LogP contribution in [0.1, 0.15) is 47.8 Å². The van der Waals surface area contributed by atoms with Crippen molar-refractivity contribution in [2.24, 2.45) is 0 Å². The Bertz CT molecular complexity index is 1230. The summed E-state index contributed by atoms with van der Waals surface area (Å²) < 4.78 is 63.8. The lowest BCUT2D eigenvalue weighted by molar-refractivity contribution is -0.192. The van der Waals surface area contributed by atoms with E-state index in [4.69, 9.17) is 30.3 Å². The molecule has 1 saturated heterocycles. The standard InChI is InChI=1S/C22H34ClF2N4O11P/c1-9(2)38-18(33)11(5)27-41(36,28-12(6)19(34)39-10(3)4)37-8-22(20(24)25)15(31)14(30)17(40-22)29-7-13(23)16(32)26-21(29)35/h7,9-12,14-15,17,20,30-31H,8H2,1-6H3,(H,26,32,35)(H2,27,28,36)/t11-,12-,14-,15-,17+,22+/m0/s1. The van der Waals surface area contributed by atoms with Crippen molar-refractivity contribution in [3.8, 4) is 0 Å². The van der Waals surface area contributed by atoms with Gasteiger partial charge in [0.25, 0.3) is 12.0 Å². The van der Waals surface area contributed by atoms with Crippen LogP contribution in [0, 0.1) is 0 Å². The second-order valence-corrected chi connectivity index (χ2v) is 12.1. The minimum Gasteiger partial charge on any atom is -0.462 e. The zero-order valence-electron chi connectivity index (χ0n) is 23.0. The van der Waals surface area contributed by atoms with Crippen molar-refractivity contribution in [1.82, 2.24) is 19.7 Å². The lowest BCUT2D eigenvalue weighted by Crippen LogP contribution is -2.53. The number of aliphatic hydroxyl groups excluding tert-OH is 2. The monoisotopic (exact) mass is 634 g/mol. The van der Waals surface area contributed by atoms with Crippen molar-refractivity contribution in [2.75, 3.05) is 6.61 Å². The number of aliphatic hydroxyl groups is 2. The molecule has 0 unspecified atom stereocenters. The van der Waals surface area contributed by atoms with E-state index in [9.17, 15) is 42.7 Å². The summed E-state index contributed by atoms with van der Waals surface area (Å²) in [6.07, 6.45) is -10.7. The van der Waals surface area contributed by atoms with Gasteiger partial charge in [0, 0.05) is 6.20 Å². The molecule has 0 spiro atoms. The van der Waals surface area contributed by atoms with Gasteiger partial charge in [-0.05, 0) is 41.5 Å². The van der Waals surface area contributed by atoms with E-state index in [1.165, 1.54) is 13.8 Å². The Hall–Kier alpha value is -2.24. The maximum absolute atomic E-state index is 14.5. The van der Waals surface area contributed by atoms with E-state index in [-0.39, 0.29) is 0 Å². The van der Waals surface area contributed by atoms with Gasteiger partial charge in [-0.1, -0.05) is 11.6 Å². The largest absolute Gasteiger partial charge is 0.462 e. The summed E-state index contributed by atoms with van der Waals surface area (Å²) in [6, 6.07) is -2.72. The van der Waals surface area contributed by atoms with E-state index < -0.39 is 97.2 Å². The number of hydrogen-bond acceptors (Lipinski definition) is 11. The van der Waals surface area contributed by atoms with Gasteiger partial charge in [-0.3, -0.25) is 28.5 Å². The Morgan fingerprint density at radius 1 is 1.10 bits per heavy atom. The molecule has 41 heavy (non-hydrogen) atoms. The van der Waals surface area contributed by atoms with Gasteiger partial charge >= 0.3 is 25.3 Å². The first-order valence-corrected chi connectivity index (χ1v) is 14.4. The molecule has 1 aromatic heterocycles. The summed E-state index contributed by atoms with van der Waals surface area (Å²) in [6.45, 7) is 7.27. The van der Waals surface area contributed by atoms with Gasteiger partial charge in [0.15, 0.2) is 11.8 Å². The molecular formula is C22H34ClF2N4O11P. The predicted octanol–water partition coefficient (Wildman–Crippen LogP) is 0.429. The van der Waals surface area contributed by atoms with Crippen molar-refractivity contribution in [1.29, 1.82) is 0 Å². The number of alkyl halides is 2. The second-order valence-electron chi connectivity index (χ2n) is 9.84. The fourth-order valence-electron chi connectivity index (χ4n) is 3.63. The third kappa shape index (κ3) is 8.41. The molecule has 2 heterocycles. The van der Waals surface area contributed by atoms with Crippen LogP contribution >= 0.6 is 19.3 Å². The fourth-order valence-corrected chi connectivity index (χ4v) is 5.62. The molecule has 6 atom stereocenters. The summed E-state index contributed by atoms with van der Waals surface area (Å²) in [4.78, 5) is 50.3. The number of hydrogen-bond donors (Lipinski definition) is 5. The Balaban J connectivity index is 2.42. The zero-order chi connectivity index (χ0) is 31.4. The van der Waals surface area contributed by atoms with E-state index >= 15 is 0 Å². The minimum absolute atomic E-state index is 0.478. The van der Waals surface area contributed by atoms with Crippen LogP contribution in [0.5, 0.6) is 0 Å². The molecule has 1 aliphatic heterocycles. The number of ether oxygens (including phenoxy) is 3. The highest BCUT2D eigenvalue weighted by Gasteiger charge is 2.61. The molecule has 0 radical (unpaired) electrons. The summed E-state index contributed by atoms with van der Waals surface area (Å²) in [7, 11) is -4.67. The maximum atomic E-state index is 14.5. The molecule has 0 saturated carbocycles. The summed E-state index contributed by atoms with van der Waals surface area (Å²) in [5.41, 5.74) is -5.31. The fraction of sp³-hybridized carbons (Fsp3) is 0.727. The van der Waals surface area contributed by atoms with Crippen LogP contribution in [0.4, 0.5) is 8.78 Å². The molecule has 1 aliphatic rings. The molecular weight excluding hydrogens is 601 g/mol. The number of halogens is 3. The molecule has 0 amide bonds. The van der Waals surface area contributed by atoms with Crippen LogP contribution in [-0.4, -0.2) is 86.8 Å². The number of rotatable bonds is 13. The molecule has 19 heteroatoms. The third-order valence-electron chi connectivity index (χ3n) is 5.63. The van der Waals surface area contributed by atoms with Crippen LogP contribution in [0.25, 0.3) is 0 Å². The van der Waals surface area contributed by atoms with Crippen LogP contribution in [-0.2, 0) is 32.9 Å². The molecule has 1 fully saturated rings. The first-order valence-electron chi connectivity index (χ1n) is 12.4. The SMILES string of the molecule is CC(C)OC(=O)[C@H](C)NP(=O)(N[C@@H](C)C(=O)OC(C)C)OC[C@@]1(C(F)F)O[C@@H](n2cc(Cl)c(=O)[nH]c2=O)[C@@H](O)[C@@H]1O. The van der Waals surface area contributed by atoms with Crippen molar-refractivity contribution in [3.05, 3.63) is 32.1 Å². The molecule has 0 aromatic carbocycles. The number of carbonyl (C=O) groups is 2. The van der Waals surface area contributed by atoms with E-state index in [2.05, 4.69) is 10.2 Å². The van der Waals surface area contributed by atoms with Gasteiger partial charge in [0.1, 0.15) is 29.3 Å². The third-order valence-corrected chi connectivity index (χ3v) is 7.85. The number of aromatic nitrogens is 2. The highest BCUT2D eigenvalue weighted by atomic mass is 35.5. The van der Waals surface area contributed by atoms with Crippen LogP contribution in [0.2, 0.25) is 5.02 Å². The van der Waals surface area contributed by atoms with E-state index in [0.29, 0.717) is 10.8 Å². The summed E-state index contributed by atoms with van der Waals surface area (Å²) >= 11 is 5.71. The maximum Gasteiger partial charge on any atom is 0.342 e. The van der Waals surface area contributed by atoms with Gasteiger partial charge in [0.05, 0.1) is 18.8 Å². The number of esters is 2. The number of H-pyrrole nitrogens is 1. The Labute approximate surface area is 238 Å². The molecule has 15 nitrogen and oxygen atoms in total. The van der Waals surface area contributed by atoms with Crippen LogP contribution in [0.15, 0.2) is 15.8 Å². The smallest absolute Gasteiger partial charge is 0.342 e. The lowest BCUT2D eigenvalue weighted by atomic mass is 9.96. The van der Waals surface area contributed by atoms with Gasteiger partial charge in [0.2, 0.25) is 0 Å². The molecule has 5 N–H and O–H groups in total. The molecule has 1 aromatic rings. The quantitative estimate of drug-likeness (QED) is 0.147. The van der Waals surface area contributed by atoms with Crippen molar-refractivity contribution in [2.45, 2.75) is 96.3 Å². The predicted molar refractivity (Wildman–Crippen MR) is 138 cm³/mol. The molecule has 0 aliphatic carbocycles. The number of nitrogens with zero attached hydrogens (tertiary/aromatic N) is 1. The minimum atomic E-state index is -4.67. The Morgan fingerprint density at radius 3 is 2.02 bits per heavy atom. The average molecular weight is 635 g/mol. The highest BCUT2D eigenvalue weighted by Crippen LogP contribution is 2.46. The number of nitrogens with one attached hydrogen (secondary N) is 3. The topological polar surface area (TPSA) is 208 Å². The number of carbonyl (C=O) groups excluding carboxylic acids is 2. The first kappa shape index (κ1) is 35.0. The Kier molecular flexibility index (Phi) is 11.8. The van der Waals surface area contributed by atoms with E-state index in [1.807, 2.05) is 0 Å². The molecule has 0 bridgehead atoms. The van der Waals surface area contributed by atoms with Crippen LogP contribution in [0.3, 0.4) is 0 Å². The van der Waals surface area contributed by atoms with Gasteiger partial charge in [-0.2, -0.15) is 0 Å². The lowest BCUT2D eigenvalue weighted by Gasteiger charge is -2.33. The number of aromatic amines is 1. The zero-order valence-corrected chi connectivity index (χ0v) is 24.7. The summed E-state index contributed by atoms with van der Waals surface area (Å²) in [5, 5.41) is 25.2. The normalized spacial score (nSPS) is 24.6. The highest BCUT2D eigenvalue weighted by molar-refractivity contribution is 7.54. The molecule has 234 valence electrons. The second kappa shape index (κ2) is 13.8. The Morgan fingerprint density at radius 2 is 1.59 bits per heavy atom. The van der Waals surface area contributed by atoms with Crippen molar-refractivity contribution >= 4 is 31.2 Å². The van der Waals surface area contributed by atoms with Crippen LogP contribution < -0.4 is 21.4 Å². The average Bonchev–Trinajstić information content (AvgIpc) is 3.10. The van der Waals surface area contributed by atoms with Gasteiger partial charge < -0.3 is 28.9 Å². The first-order chi connectivity index (χ1) is 18.8. The van der Waals surface area contributed by atoms with Crippen molar-refractivity contribution in [3.63, 3.8) is 0 Å². The molecule has 2 rings (SSSR count). The van der Waals surface area contributed by atoms with Crippen molar-refractivity contribution < 1.29 is 51.9 Å². The van der Waals surface area contributed by atoms with Gasteiger partial charge in [-0.15, -0.1) is 0 Å². The van der Waals surface area contributed by atoms with Gasteiger partial charge in [-0.25, -0.2) is 23.7 Å². The van der Waals surface area contributed by atoms with E-state index in [1.54, 1.807) is 32.7 Å². The van der Waals surface area contributed by atoms with E-state index in [0.717, 1.165) is 0 Å².